The quantitative estimate of drug-likeness (QED) is 0.760. The zero-order valence-corrected chi connectivity index (χ0v) is 16.0. The number of carbonyl (C=O) groups is 1. The van der Waals surface area contributed by atoms with Crippen LogP contribution in [0.3, 0.4) is 0 Å². The second-order valence-electron chi connectivity index (χ2n) is 7.30. The SMILES string of the molecule is Cc1c(CC2(C=C(Cl)Cl)C(C(=O)O)C2(C)C)cccc1-n1cccc1. The van der Waals surface area contributed by atoms with Crippen molar-refractivity contribution in [3.8, 4) is 5.69 Å². The largest absolute Gasteiger partial charge is 0.481 e. The van der Waals surface area contributed by atoms with Gasteiger partial charge in [0.05, 0.1) is 5.92 Å². The van der Waals surface area contributed by atoms with Crippen molar-refractivity contribution in [3.05, 3.63) is 64.4 Å². The summed E-state index contributed by atoms with van der Waals surface area (Å²) in [6, 6.07) is 10.1. The lowest BCUT2D eigenvalue weighted by molar-refractivity contribution is -0.139. The van der Waals surface area contributed by atoms with E-state index in [1.807, 2.05) is 50.5 Å². The lowest BCUT2D eigenvalue weighted by atomic mass is 9.86. The van der Waals surface area contributed by atoms with Crippen molar-refractivity contribution in [1.82, 2.24) is 4.57 Å². The number of hydrogen-bond acceptors (Lipinski definition) is 1. The molecule has 1 aromatic carbocycles. The van der Waals surface area contributed by atoms with Gasteiger partial charge in [0.25, 0.3) is 0 Å². The van der Waals surface area contributed by atoms with E-state index in [1.54, 1.807) is 6.08 Å². The normalized spacial score (nSPS) is 24.0. The van der Waals surface area contributed by atoms with Crippen molar-refractivity contribution < 1.29 is 9.90 Å². The molecule has 3 rings (SSSR count). The standard InChI is InChI=1S/C20H21Cl2NO2/c1-13-14(7-6-8-15(13)23-9-4-5-10-23)11-20(12-16(21)22)17(18(24)25)19(20,2)3/h4-10,12,17H,11H2,1-3H3,(H,24,25). The van der Waals surface area contributed by atoms with Gasteiger partial charge in [0.2, 0.25) is 0 Å². The summed E-state index contributed by atoms with van der Waals surface area (Å²) < 4.78 is 2.18. The molecule has 3 nitrogen and oxygen atoms in total. The molecular formula is C20H21Cl2NO2. The Hall–Kier alpha value is -1.71. The Kier molecular flexibility index (Phi) is 4.50. The van der Waals surface area contributed by atoms with Crippen LogP contribution in [-0.4, -0.2) is 15.6 Å². The third-order valence-corrected chi connectivity index (χ3v) is 5.97. The molecule has 132 valence electrons. The highest BCUT2D eigenvalue weighted by atomic mass is 35.5. The van der Waals surface area contributed by atoms with Crippen molar-refractivity contribution in [2.75, 3.05) is 0 Å². The van der Waals surface area contributed by atoms with Gasteiger partial charge < -0.3 is 9.67 Å². The molecule has 0 aliphatic heterocycles. The van der Waals surface area contributed by atoms with E-state index >= 15 is 0 Å². The van der Waals surface area contributed by atoms with Crippen molar-refractivity contribution in [3.63, 3.8) is 0 Å². The average molecular weight is 378 g/mol. The number of rotatable bonds is 5. The van der Waals surface area contributed by atoms with Gasteiger partial charge in [-0.1, -0.05) is 49.2 Å². The van der Waals surface area contributed by atoms with E-state index in [0.717, 1.165) is 16.8 Å². The second kappa shape index (κ2) is 6.22. The minimum absolute atomic E-state index is 0.121. The van der Waals surface area contributed by atoms with Crippen LogP contribution in [0.4, 0.5) is 0 Å². The van der Waals surface area contributed by atoms with E-state index in [1.165, 1.54) is 0 Å². The van der Waals surface area contributed by atoms with Crippen molar-refractivity contribution in [2.45, 2.75) is 27.2 Å². The number of carboxylic acids is 1. The van der Waals surface area contributed by atoms with Crippen molar-refractivity contribution in [1.29, 1.82) is 0 Å². The minimum Gasteiger partial charge on any atom is -0.481 e. The molecule has 1 aliphatic carbocycles. The molecule has 1 N–H and O–H groups in total. The molecule has 0 amide bonds. The summed E-state index contributed by atoms with van der Waals surface area (Å²) in [5.74, 6) is -1.32. The molecule has 25 heavy (non-hydrogen) atoms. The van der Waals surface area contributed by atoms with E-state index in [4.69, 9.17) is 23.2 Å². The number of halogens is 2. The van der Waals surface area contributed by atoms with E-state index in [9.17, 15) is 9.90 Å². The fourth-order valence-corrected chi connectivity index (χ4v) is 4.60. The first-order valence-corrected chi connectivity index (χ1v) is 8.95. The number of allylic oxidation sites excluding steroid dienone is 1. The third kappa shape index (κ3) is 2.90. The molecule has 1 heterocycles. The predicted octanol–water partition coefficient (Wildman–Crippen LogP) is 5.37. The van der Waals surface area contributed by atoms with E-state index in [2.05, 4.69) is 17.6 Å². The van der Waals surface area contributed by atoms with Crippen LogP contribution < -0.4 is 0 Å². The first-order chi connectivity index (χ1) is 11.7. The maximum absolute atomic E-state index is 11.8. The van der Waals surface area contributed by atoms with Crippen LogP contribution in [0.2, 0.25) is 0 Å². The van der Waals surface area contributed by atoms with Crippen LogP contribution in [0.15, 0.2) is 53.3 Å². The number of aromatic nitrogens is 1. The Bertz CT molecular complexity index is 835. The summed E-state index contributed by atoms with van der Waals surface area (Å²) in [7, 11) is 0. The summed E-state index contributed by atoms with van der Waals surface area (Å²) in [5, 5.41) is 9.67. The molecule has 0 spiro atoms. The summed E-state index contributed by atoms with van der Waals surface area (Å²) in [6.07, 6.45) is 6.30. The Balaban J connectivity index is 2.05. The number of hydrogen-bond donors (Lipinski definition) is 1. The predicted molar refractivity (Wildman–Crippen MR) is 101 cm³/mol. The fraction of sp³-hybridized carbons (Fsp3) is 0.350. The van der Waals surface area contributed by atoms with Gasteiger partial charge in [-0.3, -0.25) is 4.79 Å². The summed E-state index contributed by atoms with van der Waals surface area (Å²) in [5.41, 5.74) is 2.32. The molecule has 1 saturated carbocycles. The highest BCUT2D eigenvalue weighted by molar-refractivity contribution is 6.55. The van der Waals surface area contributed by atoms with E-state index in [-0.39, 0.29) is 4.49 Å². The highest BCUT2D eigenvalue weighted by Crippen LogP contribution is 2.71. The molecule has 0 saturated heterocycles. The molecule has 1 aromatic heterocycles. The topological polar surface area (TPSA) is 42.2 Å². The second-order valence-corrected chi connectivity index (χ2v) is 8.30. The Morgan fingerprint density at radius 1 is 1.24 bits per heavy atom. The molecular weight excluding hydrogens is 357 g/mol. The summed E-state index contributed by atoms with van der Waals surface area (Å²) in [6.45, 7) is 5.99. The van der Waals surface area contributed by atoms with E-state index in [0.29, 0.717) is 6.42 Å². The third-order valence-electron chi connectivity index (χ3n) is 5.75. The monoisotopic (exact) mass is 377 g/mol. The van der Waals surface area contributed by atoms with Gasteiger partial charge in [-0.2, -0.15) is 0 Å². The average Bonchev–Trinajstić information content (AvgIpc) is 2.87. The van der Waals surface area contributed by atoms with Crippen LogP contribution in [0, 0.1) is 23.7 Å². The van der Waals surface area contributed by atoms with Crippen molar-refractivity contribution in [2.24, 2.45) is 16.7 Å². The molecule has 2 unspecified atom stereocenters. The molecule has 2 aromatic rings. The zero-order valence-electron chi connectivity index (χ0n) is 14.5. The van der Waals surface area contributed by atoms with Gasteiger partial charge in [0, 0.05) is 23.5 Å². The number of nitrogens with zero attached hydrogens (tertiary/aromatic N) is 1. The zero-order chi connectivity index (χ0) is 18.4. The van der Waals surface area contributed by atoms with Crippen LogP contribution in [0.25, 0.3) is 5.69 Å². The number of carboxylic acid groups (broad SMARTS) is 1. The summed E-state index contributed by atoms with van der Waals surface area (Å²) >= 11 is 11.9. The molecule has 0 bridgehead atoms. The van der Waals surface area contributed by atoms with Gasteiger partial charge in [0.1, 0.15) is 4.49 Å². The maximum atomic E-state index is 11.8. The molecule has 2 atom stereocenters. The van der Waals surface area contributed by atoms with Gasteiger partial charge in [-0.25, -0.2) is 0 Å². The van der Waals surface area contributed by atoms with Crippen LogP contribution >= 0.6 is 23.2 Å². The first kappa shape index (κ1) is 18.1. The smallest absolute Gasteiger partial charge is 0.307 e. The van der Waals surface area contributed by atoms with Gasteiger partial charge in [-0.15, -0.1) is 0 Å². The van der Waals surface area contributed by atoms with Gasteiger partial charge >= 0.3 is 5.97 Å². The number of benzene rings is 1. The van der Waals surface area contributed by atoms with Crippen LogP contribution in [0.1, 0.15) is 25.0 Å². The highest BCUT2D eigenvalue weighted by Gasteiger charge is 2.73. The molecule has 5 heteroatoms. The molecule has 1 aliphatic rings. The number of aliphatic carboxylic acids is 1. The molecule has 0 radical (unpaired) electrons. The fourth-order valence-electron chi connectivity index (χ4n) is 4.21. The van der Waals surface area contributed by atoms with E-state index < -0.39 is 22.7 Å². The minimum atomic E-state index is -0.810. The Labute approximate surface area is 157 Å². The van der Waals surface area contributed by atoms with Gasteiger partial charge in [0.15, 0.2) is 0 Å². The van der Waals surface area contributed by atoms with Crippen LogP contribution in [0.5, 0.6) is 0 Å². The Morgan fingerprint density at radius 2 is 1.88 bits per heavy atom. The first-order valence-electron chi connectivity index (χ1n) is 8.19. The van der Waals surface area contributed by atoms with Crippen LogP contribution in [-0.2, 0) is 11.2 Å². The lowest BCUT2D eigenvalue weighted by Crippen LogP contribution is -2.14. The van der Waals surface area contributed by atoms with Crippen molar-refractivity contribution >= 4 is 29.2 Å². The Morgan fingerprint density at radius 3 is 2.40 bits per heavy atom. The lowest BCUT2D eigenvalue weighted by Gasteiger charge is -2.19. The molecule has 1 fully saturated rings. The summed E-state index contributed by atoms with van der Waals surface area (Å²) in [4.78, 5) is 11.8. The maximum Gasteiger partial charge on any atom is 0.307 e. The van der Waals surface area contributed by atoms with Gasteiger partial charge in [-0.05, 0) is 54.2 Å².